The molecule has 1 unspecified atom stereocenters. The number of fused-ring (bicyclic) bond motifs is 1. The van der Waals surface area contributed by atoms with E-state index in [0.29, 0.717) is 83.9 Å². The molecular formula is C43H50ClFN8O6S. The van der Waals surface area contributed by atoms with Crippen molar-refractivity contribution in [3.8, 4) is 5.75 Å². The highest BCUT2D eigenvalue weighted by atomic mass is 35.5. The molecule has 1 aliphatic heterocycles. The third-order valence-corrected chi connectivity index (χ3v) is 11.7. The molecule has 1 atom stereocenters. The van der Waals surface area contributed by atoms with E-state index in [9.17, 15) is 28.4 Å². The molecule has 60 heavy (non-hydrogen) atoms. The molecule has 0 bridgehead atoms. The van der Waals surface area contributed by atoms with Crippen LogP contribution in [0.3, 0.4) is 0 Å². The van der Waals surface area contributed by atoms with E-state index in [1.165, 1.54) is 31.6 Å². The molecule has 1 aliphatic rings. The molecule has 4 aromatic rings. The normalized spacial score (nSPS) is 13.9. The van der Waals surface area contributed by atoms with Gasteiger partial charge in [-0.1, -0.05) is 29.8 Å². The maximum atomic E-state index is 13.7. The summed E-state index contributed by atoms with van der Waals surface area (Å²) in [5.41, 5.74) is 3.05. The van der Waals surface area contributed by atoms with Gasteiger partial charge in [-0.2, -0.15) is 0 Å². The van der Waals surface area contributed by atoms with Crippen LogP contribution in [0.15, 0.2) is 71.9 Å². The zero-order valence-corrected chi connectivity index (χ0v) is 35.4. The van der Waals surface area contributed by atoms with Crippen LogP contribution >= 0.6 is 23.4 Å². The quantitative estimate of drug-likeness (QED) is 0.0310. The molecule has 0 saturated carbocycles. The first-order valence-corrected chi connectivity index (χ1v) is 21.0. The van der Waals surface area contributed by atoms with Crippen molar-refractivity contribution in [2.24, 2.45) is 0 Å². The number of ether oxygens (including phenoxy) is 1. The second-order valence-corrected chi connectivity index (χ2v) is 16.0. The highest BCUT2D eigenvalue weighted by Crippen LogP contribution is 2.34. The van der Waals surface area contributed by atoms with Gasteiger partial charge in [0.15, 0.2) is 0 Å². The van der Waals surface area contributed by atoms with Gasteiger partial charge in [-0.25, -0.2) is 14.4 Å². The molecule has 17 heteroatoms. The van der Waals surface area contributed by atoms with Crippen molar-refractivity contribution in [3.63, 3.8) is 0 Å². The van der Waals surface area contributed by atoms with Crippen molar-refractivity contribution in [1.82, 2.24) is 30.4 Å². The summed E-state index contributed by atoms with van der Waals surface area (Å²) < 4.78 is 19.2. The van der Waals surface area contributed by atoms with Crippen LogP contribution in [0.25, 0.3) is 10.9 Å². The van der Waals surface area contributed by atoms with Crippen LogP contribution in [0.5, 0.6) is 5.75 Å². The van der Waals surface area contributed by atoms with Gasteiger partial charge in [-0.05, 0) is 81.3 Å². The fraction of sp³-hybridized carbons (Fsp3) is 0.372. The highest BCUT2D eigenvalue weighted by Gasteiger charge is 2.21. The Balaban J connectivity index is 1.03. The van der Waals surface area contributed by atoms with Crippen molar-refractivity contribution in [1.29, 1.82) is 0 Å². The summed E-state index contributed by atoms with van der Waals surface area (Å²) in [6.07, 6.45) is 9.37. The number of hydrogen-bond acceptors (Lipinski definition) is 12. The van der Waals surface area contributed by atoms with Crippen LogP contribution in [-0.4, -0.2) is 102 Å². The molecule has 14 nitrogen and oxygen atoms in total. The Kier molecular flexibility index (Phi) is 17.4. The van der Waals surface area contributed by atoms with Crippen LogP contribution in [0, 0.1) is 5.82 Å². The first-order valence-electron chi connectivity index (χ1n) is 19.6. The summed E-state index contributed by atoms with van der Waals surface area (Å²) in [6.45, 7) is 4.64. The number of nitrogens with one attached hydrogen (secondary N) is 4. The largest absolute Gasteiger partial charge is 0.494 e. The van der Waals surface area contributed by atoms with Crippen LogP contribution in [-0.2, 0) is 25.7 Å². The predicted octanol–water partition coefficient (Wildman–Crippen LogP) is 6.51. The molecule has 4 N–H and O–H groups in total. The van der Waals surface area contributed by atoms with E-state index in [0.717, 1.165) is 42.7 Å². The zero-order chi connectivity index (χ0) is 43.0. The van der Waals surface area contributed by atoms with Gasteiger partial charge in [0.25, 0.3) is 0 Å². The van der Waals surface area contributed by atoms with E-state index in [4.69, 9.17) is 16.3 Å². The third kappa shape index (κ3) is 13.3. The SMILES string of the molecule is COc1cc2ncnc(Nc3ccc(F)c(Cl)c3)c2cc1NC(=O)/C=C/CN1CCC(NC(=O)CCCSc2cccc(C=O)c2CN(C)C(C)CCC(=O)NC=O)CC1. The summed E-state index contributed by atoms with van der Waals surface area (Å²) in [4.78, 5) is 73.9. The fourth-order valence-corrected chi connectivity index (χ4v) is 7.94. The predicted molar refractivity (Wildman–Crippen MR) is 232 cm³/mol. The molecule has 1 saturated heterocycles. The number of nitrogens with zero attached hydrogens (tertiary/aromatic N) is 4. The maximum absolute atomic E-state index is 13.7. The smallest absolute Gasteiger partial charge is 0.248 e. The van der Waals surface area contributed by atoms with E-state index in [2.05, 4.69) is 41.0 Å². The molecule has 1 aromatic heterocycles. The number of anilines is 3. The minimum Gasteiger partial charge on any atom is -0.494 e. The Hall–Kier alpha value is -5.42. The number of methoxy groups -OCH3 is 1. The van der Waals surface area contributed by atoms with Crippen LogP contribution in [0.1, 0.15) is 61.4 Å². The van der Waals surface area contributed by atoms with Gasteiger partial charge in [0, 0.05) is 84.8 Å². The summed E-state index contributed by atoms with van der Waals surface area (Å²) in [6, 6.07) is 13.4. The minimum atomic E-state index is -0.534. The second kappa shape index (κ2) is 22.8. The van der Waals surface area contributed by atoms with Crippen molar-refractivity contribution >= 4 is 81.9 Å². The molecule has 318 valence electrons. The number of hydrogen-bond donors (Lipinski definition) is 4. The number of rotatable bonds is 21. The molecular weight excluding hydrogens is 811 g/mol. The zero-order valence-electron chi connectivity index (χ0n) is 33.8. The Bertz CT molecular complexity index is 2190. The lowest BCUT2D eigenvalue weighted by Gasteiger charge is -2.31. The number of likely N-dealkylation sites (tertiary alicyclic amines) is 1. The van der Waals surface area contributed by atoms with E-state index in [-0.39, 0.29) is 41.2 Å². The lowest BCUT2D eigenvalue weighted by Crippen LogP contribution is -2.44. The number of carbonyl (C=O) groups excluding carboxylic acids is 5. The number of halogens is 2. The molecule has 0 radical (unpaired) electrons. The van der Waals surface area contributed by atoms with Crippen LogP contribution in [0.4, 0.5) is 21.6 Å². The summed E-state index contributed by atoms with van der Waals surface area (Å²) in [5, 5.41) is 11.9. The summed E-state index contributed by atoms with van der Waals surface area (Å²) in [7, 11) is 3.44. The van der Waals surface area contributed by atoms with E-state index in [1.807, 2.05) is 26.1 Å². The molecule has 0 aliphatic carbocycles. The van der Waals surface area contributed by atoms with Crippen LogP contribution < -0.4 is 26.0 Å². The van der Waals surface area contributed by atoms with Crippen LogP contribution in [0.2, 0.25) is 5.02 Å². The monoisotopic (exact) mass is 860 g/mol. The molecule has 0 spiro atoms. The van der Waals surface area contributed by atoms with Crippen molar-refractivity contribution < 1.29 is 33.1 Å². The van der Waals surface area contributed by atoms with Gasteiger partial charge in [0.05, 0.1) is 23.3 Å². The number of thioether (sulfide) groups is 1. The first kappa shape index (κ1) is 45.7. The first-order chi connectivity index (χ1) is 29.0. The Morgan fingerprint density at radius 2 is 1.88 bits per heavy atom. The molecule has 2 heterocycles. The van der Waals surface area contributed by atoms with E-state index in [1.54, 1.807) is 42.1 Å². The Morgan fingerprint density at radius 3 is 2.62 bits per heavy atom. The lowest BCUT2D eigenvalue weighted by atomic mass is 10.0. The number of carbonyl (C=O) groups is 5. The number of aromatic nitrogens is 2. The molecule has 3 aromatic carbocycles. The number of piperidine rings is 1. The second-order valence-electron chi connectivity index (χ2n) is 14.5. The Labute approximate surface area is 358 Å². The van der Waals surface area contributed by atoms with Crippen molar-refractivity contribution in [3.05, 3.63) is 89.0 Å². The van der Waals surface area contributed by atoms with Gasteiger partial charge in [-0.15, -0.1) is 11.8 Å². The number of amides is 4. The van der Waals surface area contributed by atoms with Gasteiger partial charge < -0.3 is 20.7 Å². The summed E-state index contributed by atoms with van der Waals surface area (Å²) >= 11 is 7.57. The third-order valence-electron chi connectivity index (χ3n) is 10.3. The highest BCUT2D eigenvalue weighted by molar-refractivity contribution is 7.99. The number of benzene rings is 3. The maximum Gasteiger partial charge on any atom is 0.248 e. The van der Waals surface area contributed by atoms with Gasteiger partial charge in [-0.3, -0.25) is 39.1 Å². The van der Waals surface area contributed by atoms with Crippen molar-refractivity contribution in [2.75, 3.05) is 50.2 Å². The lowest BCUT2D eigenvalue weighted by molar-refractivity contribution is -0.125. The van der Waals surface area contributed by atoms with E-state index >= 15 is 0 Å². The minimum absolute atomic E-state index is 0.0121. The average Bonchev–Trinajstić information content (AvgIpc) is 3.24. The standard InChI is InChI=1S/C43H50ClFN8O6S/c1-28(11-14-40(56)48-27-55)52(2)24-33-29(25-54)7-4-8-39(33)60-20-6-10-41(57)49-30-15-18-53(19-16-30)17-5-9-42(58)51-37-22-32-36(23-38(37)59-3)46-26-47-43(32)50-31-12-13-35(45)34(44)21-31/h4-5,7-9,12-13,21-23,25-28,30H,6,10-11,14-20,24H2,1-3H3,(H,49,57)(H,51,58)(H,46,47,50)(H,48,55,56)/b9-5+. The summed E-state index contributed by atoms with van der Waals surface area (Å²) in [5.74, 6) is 0.384. The molecule has 5 rings (SSSR count). The molecule has 1 fully saturated rings. The van der Waals surface area contributed by atoms with Crippen molar-refractivity contribution in [2.45, 2.75) is 69.0 Å². The number of aldehydes is 1. The van der Waals surface area contributed by atoms with Gasteiger partial charge in [0.1, 0.15) is 30.0 Å². The van der Waals surface area contributed by atoms with Gasteiger partial charge >= 0.3 is 0 Å². The molecule has 4 amide bonds. The number of imide groups is 1. The van der Waals surface area contributed by atoms with E-state index < -0.39 is 5.82 Å². The van der Waals surface area contributed by atoms with Gasteiger partial charge in [0.2, 0.25) is 24.1 Å². The average molecular weight is 861 g/mol. The topological polar surface area (TPSA) is 175 Å². The fourth-order valence-electron chi connectivity index (χ4n) is 6.72. The Morgan fingerprint density at radius 1 is 1.08 bits per heavy atom.